The summed E-state index contributed by atoms with van der Waals surface area (Å²) in [7, 11) is 0. The maximum atomic E-state index is 12.2. The predicted molar refractivity (Wildman–Crippen MR) is 86.9 cm³/mol. The number of benzene rings is 1. The molecule has 122 valence electrons. The van der Waals surface area contributed by atoms with E-state index in [1.807, 2.05) is 19.1 Å². The largest absolute Gasteiger partial charge is 0.391 e. The highest BCUT2D eigenvalue weighted by Crippen LogP contribution is 2.27. The first kappa shape index (κ1) is 15.7. The Kier molecular flexibility index (Phi) is 4.71. The quantitative estimate of drug-likeness (QED) is 0.788. The first-order valence-electron chi connectivity index (χ1n) is 8.09. The fraction of sp³-hybridized carbons (Fsp3) is 0.471. The van der Waals surface area contributed by atoms with Gasteiger partial charge in [0, 0.05) is 17.7 Å². The molecular formula is C17H22N4O2. The molecule has 1 amide bonds. The zero-order valence-electron chi connectivity index (χ0n) is 13.2. The summed E-state index contributed by atoms with van der Waals surface area (Å²) in [5.41, 5.74) is 1.43. The lowest BCUT2D eigenvalue weighted by Gasteiger charge is -2.18. The van der Waals surface area contributed by atoms with E-state index in [9.17, 15) is 9.90 Å². The van der Waals surface area contributed by atoms with Crippen molar-refractivity contribution in [3.05, 3.63) is 35.7 Å². The average Bonchev–Trinajstić information content (AvgIpc) is 3.24. The van der Waals surface area contributed by atoms with E-state index in [1.54, 1.807) is 12.1 Å². The second kappa shape index (κ2) is 6.91. The van der Waals surface area contributed by atoms with Crippen LogP contribution in [0.2, 0.25) is 0 Å². The van der Waals surface area contributed by atoms with Crippen molar-refractivity contribution in [3.63, 3.8) is 0 Å². The molecule has 1 fully saturated rings. The molecule has 1 aliphatic carbocycles. The normalized spacial score (nSPS) is 16.4. The number of aromatic amines is 1. The molecule has 2 aromatic rings. The Hall–Kier alpha value is -2.21. The summed E-state index contributed by atoms with van der Waals surface area (Å²) in [6.07, 6.45) is 4.02. The minimum atomic E-state index is -0.447. The van der Waals surface area contributed by atoms with Crippen LogP contribution in [0.4, 0.5) is 0 Å². The molecule has 6 heteroatoms. The van der Waals surface area contributed by atoms with Crippen LogP contribution in [0.25, 0.3) is 11.4 Å². The second-order valence-electron chi connectivity index (χ2n) is 6.14. The average molecular weight is 314 g/mol. The molecule has 1 saturated carbocycles. The molecule has 1 aliphatic rings. The minimum absolute atomic E-state index is 0.167. The number of nitrogens with zero attached hydrogens (tertiary/aromatic N) is 2. The third-order valence-corrected chi connectivity index (χ3v) is 4.42. The Balaban J connectivity index is 1.57. The van der Waals surface area contributed by atoms with Gasteiger partial charge in [0.15, 0.2) is 5.82 Å². The standard InChI is InChI=1S/C17H22N4O2/c1-11-19-16(21-20-11)13-6-8-14(9-7-13)17(23)18-10-15(22)12-4-2-3-5-12/h6-9,12,15,22H,2-5,10H2,1H3,(H,18,23)(H,19,20,21). The van der Waals surface area contributed by atoms with Gasteiger partial charge < -0.3 is 10.4 Å². The fourth-order valence-corrected chi connectivity index (χ4v) is 3.05. The summed E-state index contributed by atoms with van der Waals surface area (Å²) in [5.74, 6) is 1.53. The van der Waals surface area contributed by atoms with Crippen molar-refractivity contribution in [2.75, 3.05) is 6.54 Å². The van der Waals surface area contributed by atoms with Gasteiger partial charge in [0.2, 0.25) is 0 Å². The number of hydrogen-bond acceptors (Lipinski definition) is 4. The summed E-state index contributed by atoms with van der Waals surface area (Å²) < 4.78 is 0. The highest BCUT2D eigenvalue weighted by molar-refractivity contribution is 5.94. The van der Waals surface area contributed by atoms with E-state index in [2.05, 4.69) is 20.5 Å². The molecule has 1 atom stereocenters. The van der Waals surface area contributed by atoms with E-state index in [1.165, 1.54) is 12.8 Å². The molecule has 0 saturated heterocycles. The molecule has 23 heavy (non-hydrogen) atoms. The van der Waals surface area contributed by atoms with Crippen LogP contribution in [0, 0.1) is 12.8 Å². The lowest BCUT2D eigenvalue weighted by Crippen LogP contribution is -2.35. The van der Waals surface area contributed by atoms with Gasteiger partial charge in [0.25, 0.3) is 5.91 Å². The molecule has 0 radical (unpaired) electrons. The molecular weight excluding hydrogens is 292 g/mol. The molecule has 1 heterocycles. The summed E-state index contributed by atoms with van der Waals surface area (Å²) in [4.78, 5) is 16.4. The number of carbonyl (C=O) groups is 1. The van der Waals surface area contributed by atoms with E-state index in [0.29, 0.717) is 23.9 Å². The maximum absolute atomic E-state index is 12.2. The summed E-state index contributed by atoms with van der Waals surface area (Å²) >= 11 is 0. The highest BCUT2D eigenvalue weighted by atomic mass is 16.3. The number of amides is 1. The molecule has 6 nitrogen and oxygen atoms in total. The first-order chi connectivity index (χ1) is 11.1. The molecule has 1 aromatic heterocycles. The Morgan fingerprint density at radius 1 is 1.35 bits per heavy atom. The molecule has 3 rings (SSSR count). The maximum Gasteiger partial charge on any atom is 0.251 e. The van der Waals surface area contributed by atoms with Gasteiger partial charge in [-0.25, -0.2) is 4.98 Å². The van der Waals surface area contributed by atoms with E-state index in [-0.39, 0.29) is 5.91 Å². The van der Waals surface area contributed by atoms with Gasteiger partial charge in [-0.3, -0.25) is 9.89 Å². The number of aryl methyl sites for hydroxylation is 1. The zero-order chi connectivity index (χ0) is 16.2. The number of nitrogens with one attached hydrogen (secondary N) is 2. The SMILES string of the molecule is Cc1nc(-c2ccc(C(=O)NCC(O)C3CCCC3)cc2)n[nH]1. The van der Waals surface area contributed by atoms with Gasteiger partial charge in [0.05, 0.1) is 6.10 Å². The molecule has 0 aliphatic heterocycles. The second-order valence-corrected chi connectivity index (χ2v) is 6.14. The first-order valence-corrected chi connectivity index (χ1v) is 8.09. The van der Waals surface area contributed by atoms with Crippen LogP contribution in [0.3, 0.4) is 0 Å². The lowest BCUT2D eigenvalue weighted by molar-refractivity contribution is 0.0840. The van der Waals surface area contributed by atoms with Gasteiger partial charge in [0.1, 0.15) is 5.82 Å². The smallest absolute Gasteiger partial charge is 0.251 e. The number of aromatic nitrogens is 3. The third-order valence-electron chi connectivity index (χ3n) is 4.42. The van der Waals surface area contributed by atoms with Crippen molar-refractivity contribution < 1.29 is 9.90 Å². The number of rotatable bonds is 5. The van der Waals surface area contributed by atoms with E-state index >= 15 is 0 Å². The minimum Gasteiger partial charge on any atom is -0.391 e. The molecule has 1 unspecified atom stereocenters. The van der Waals surface area contributed by atoms with Crippen molar-refractivity contribution >= 4 is 5.91 Å². The van der Waals surface area contributed by atoms with E-state index in [4.69, 9.17) is 0 Å². The Morgan fingerprint density at radius 2 is 2.04 bits per heavy atom. The number of carbonyl (C=O) groups excluding carboxylic acids is 1. The van der Waals surface area contributed by atoms with Gasteiger partial charge in [-0.2, -0.15) is 5.10 Å². The van der Waals surface area contributed by atoms with Crippen LogP contribution in [0.1, 0.15) is 41.9 Å². The van der Waals surface area contributed by atoms with Crippen LogP contribution in [-0.2, 0) is 0 Å². The van der Waals surface area contributed by atoms with Crippen LogP contribution < -0.4 is 5.32 Å². The Morgan fingerprint density at radius 3 is 2.65 bits per heavy atom. The number of H-pyrrole nitrogens is 1. The van der Waals surface area contributed by atoms with Crippen molar-refractivity contribution in [2.45, 2.75) is 38.7 Å². The number of aliphatic hydroxyl groups excluding tert-OH is 1. The molecule has 0 bridgehead atoms. The van der Waals surface area contributed by atoms with Crippen molar-refractivity contribution in [1.82, 2.24) is 20.5 Å². The number of aliphatic hydroxyl groups is 1. The Labute approximate surface area is 135 Å². The van der Waals surface area contributed by atoms with Crippen LogP contribution >= 0.6 is 0 Å². The van der Waals surface area contributed by atoms with Crippen molar-refractivity contribution in [1.29, 1.82) is 0 Å². The third kappa shape index (κ3) is 3.76. The lowest BCUT2D eigenvalue weighted by atomic mass is 10.0. The van der Waals surface area contributed by atoms with E-state index in [0.717, 1.165) is 24.2 Å². The molecule has 1 aromatic carbocycles. The van der Waals surface area contributed by atoms with Crippen molar-refractivity contribution in [2.24, 2.45) is 5.92 Å². The topological polar surface area (TPSA) is 90.9 Å². The zero-order valence-corrected chi connectivity index (χ0v) is 13.2. The van der Waals surface area contributed by atoms with Crippen LogP contribution in [0.5, 0.6) is 0 Å². The monoisotopic (exact) mass is 314 g/mol. The summed E-state index contributed by atoms with van der Waals surface area (Å²) in [6, 6.07) is 7.15. The summed E-state index contributed by atoms with van der Waals surface area (Å²) in [6.45, 7) is 2.15. The number of hydrogen-bond donors (Lipinski definition) is 3. The van der Waals surface area contributed by atoms with Crippen molar-refractivity contribution in [3.8, 4) is 11.4 Å². The Bertz CT molecular complexity index is 659. The van der Waals surface area contributed by atoms with Crippen LogP contribution in [-0.4, -0.2) is 38.8 Å². The van der Waals surface area contributed by atoms with E-state index < -0.39 is 6.10 Å². The molecule has 0 spiro atoms. The predicted octanol–water partition coefficient (Wildman–Crippen LogP) is 2.06. The van der Waals surface area contributed by atoms with Gasteiger partial charge in [-0.05, 0) is 37.8 Å². The van der Waals surface area contributed by atoms with Gasteiger partial charge in [-0.15, -0.1) is 0 Å². The highest BCUT2D eigenvalue weighted by Gasteiger charge is 2.23. The van der Waals surface area contributed by atoms with Gasteiger partial charge >= 0.3 is 0 Å². The van der Waals surface area contributed by atoms with Gasteiger partial charge in [-0.1, -0.05) is 25.0 Å². The summed E-state index contributed by atoms with van der Waals surface area (Å²) in [5, 5.41) is 19.8. The van der Waals surface area contributed by atoms with Crippen LogP contribution in [0.15, 0.2) is 24.3 Å². The molecule has 3 N–H and O–H groups in total. The fourth-order valence-electron chi connectivity index (χ4n) is 3.05.